The van der Waals surface area contributed by atoms with E-state index in [1.54, 1.807) is 18.3 Å². The fourth-order valence-electron chi connectivity index (χ4n) is 5.60. The number of likely N-dealkylation sites (tertiary alicyclic amines) is 1. The smallest absolute Gasteiger partial charge is 0.341 e. The highest BCUT2D eigenvalue weighted by Crippen LogP contribution is 2.49. The third-order valence-electron chi connectivity index (χ3n) is 7.55. The second-order valence-electron chi connectivity index (χ2n) is 9.58. The molecule has 0 unspecified atom stereocenters. The van der Waals surface area contributed by atoms with Gasteiger partial charge in [0, 0.05) is 17.3 Å². The third-order valence-corrected chi connectivity index (χ3v) is 7.55. The lowest BCUT2D eigenvalue weighted by molar-refractivity contribution is -0.508. The molecule has 2 aromatic rings. The summed E-state index contributed by atoms with van der Waals surface area (Å²) in [5.74, 6) is -0.187. The van der Waals surface area contributed by atoms with Crippen molar-refractivity contribution >= 4 is 11.9 Å². The third kappa shape index (κ3) is 4.14. The number of fused-ring (bicyclic) bond motifs is 2. The molecule has 1 spiro atoms. The summed E-state index contributed by atoms with van der Waals surface area (Å²) in [6, 6.07) is 7.89. The summed E-state index contributed by atoms with van der Waals surface area (Å²) in [4.78, 5) is 19.8. The molecule has 6 nitrogen and oxygen atoms in total. The number of likely N-dealkylation sites (N-methyl/N-ethyl adjacent to an activating group) is 1. The Morgan fingerprint density at radius 3 is 2.61 bits per heavy atom. The number of nitrogens with zero attached hydrogens (tertiary/aromatic N) is 3. The number of carbonyl (C=O) groups is 1. The first-order valence-electron chi connectivity index (χ1n) is 11.9. The van der Waals surface area contributed by atoms with Crippen molar-refractivity contribution in [3.8, 4) is 11.3 Å². The van der Waals surface area contributed by atoms with Crippen molar-refractivity contribution in [2.45, 2.75) is 44.1 Å². The Morgan fingerprint density at radius 1 is 1.21 bits per heavy atom. The van der Waals surface area contributed by atoms with Crippen molar-refractivity contribution in [1.82, 2.24) is 9.88 Å². The molecule has 7 heteroatoms. The van der Waals surface area contributed by atoms with Gasteiger partial charge in [0.15, 0.2) is 6.54 Å². The number of aromatic nitrogens is 1. The molecule has 1 aliphatic carbocycles. The average Bonchev–Trinajstić information content (AvgIpc) is 3.45. The number of ether oxygens (including phenoxy) is 1. The van der Waals surface area contributed by atoms with Crippen LogP contribution in [0.1, 0.15) is 54.4 Å². The van der Waals surface area contributed by atoms with Crippen molar-refractivity contribution in [1.29, 1.82) is 0 Å². The molecule has 0 atom stereocenters. The number of aliphatic hydroxyl groups is 1. The molecule has 0 radical (unpaired) electrons. The van der Waals surface area contributed by atoms with Crippen LogP contribution < -0.4 is 0 Å². The largest absolute Gasteiger partial charge is 0.463 e. The number of hydrogen-bond acceptors (Lipinski definition) is 4. The summed E-state index contributed by atoms with van der Waals surface area (Å²) in [5.41, 5.74) is 1.91. The summed E-state index contributed by atoms with van der Waals surface area (Å²) in [6.07, 6.45) is 7.05. The van der Waals surface area contributed by atoms with E-state index in [0.29, 0.717) is 35.6 Å². The first-order chi connectivity index (χ1) is 16.0. The molecule has 1 saturated heterocycles. The molecular weight excluding hydrogens is 421 g/mol. The first-order valence-corrected chi connectivity index (χ1v) is 11.9. The monoisotopic (exact) mass is 452 g/mol. The highest BCUT2D eigenvalue weighted by Gasteiger charge is 2.50. The minimum atomic E-state index is -0.672. The Morgan fingerprint density at radius 2 is 1.91 bits per heavy atom. The van der Waals surface area contributed by atoms with Crippen LogP contribution in [0.4, 0.5) is 4.39 Å². The normalized spacial score (nSPS) is 25.8. The minimum Gasteiger partial charge on any atom is -0.463 e. The van der Waals surface area contributed by atoms with Crippen molar-refractivity contribution in [3.05, 3.63) is 53.5 Å². The van der Waals surface area contributed by atoms with E-state index in [1.807, 2.05) is 17.7 Å². The van der Waals surface area contributed by atoms with Gasteiger partial charge in [-0.05, 0) is 81.9 Å². The van der Waals surface area contributed by atoms with Gasteiger partial charge in [-0.25, -0.2) is 13.8 Å². The number of pyridine rings is 1. The van der Waals surface area contributed by atoms with E-state index in [1.165, 1.54) is 25.0 Å². The Balaban J connectivity index is 1.33. The number of benzene rings is 1. The topological polar surface area (TPSA) is 65.7 Å². The number of halogens is 1. The lowest BCUT2D eigenvalue weighted by Crippen LogP contribution is -2.37. The fraction of sp³-hybridized carbons (Fsp3) is 0.500. The Labute approximate surface area is 193 Å². The van der Waals surface area contributed by atoms with Gasteiger partial charge in [-0.15, -0.1) is 0 Å². The van der Waals surface area contributed by atoms with E-state index in [2.05, 4.69) is 9.88 Å². The lowest BCUT2D eigenvalue weighted by atomic mass is 9.74. The zero-order valence-electron chi connectivity index (χ0n) is 19.1. The standard InChI is InChI=1S/C26H30FN3O3/c1-29(16-17-30-14-2-3-15-30)24(31)19-8-11-26(12-9-19)21-10-13-28-23(22(21)25(32)33-26)18-4-6-20(27)7-5-18/h4-7,10,13,19H,2-3,8-9,11-12,14-17H2,1H3/p+1. The molecule has 5 rings (SSSR count). The zero-order valence-corrected chi connectivity index (χ0v) is 19.1. The maximum Gasteiger partial charge on any atom is 0.341 e. The van der Waals surface area contributed by atoms with Gasteiger partial charge in [0.25, 0.3) is 0 Å². The van der Waals surface area contributed by atoms with E-state index < -0.39 is 5.60 Å². The summed E-state index contributed by atoms with van der Waals surface area (Å²) in [5, 5.41) is 10.9. The Hall–Kier alpha value is -2.80. The van der Waals surface area contributed by atoms with Crippen LogP contribution in [0.2, 0.25) is 0 Å². The molecule has 1 saturated carbocycles. The van der Waals surface area contributed by atoms with Gasteiger partial charge in [-0.1, -0.05) is 0 Å². The molecule has 0 bridgehead atoms. The van der Waals surface area contributed by atoms with Gasteiger partial charge in [0.1, 0.15) is 18.5 Å². The first kappa shape index (κ1) is 22.0. The maximum absolute atomic E-state index is 13.4. The van der Waals surface area contributed by atoms with Crippen LogP contribution in [0.25, 0.3) is 11.3 Å². The summed E-state index contributed by atoms with van der Waals surface area (Å²) >= 11 is 0. The van der Waals surface area contributed by atoms with Crippen LogP contribution in [-0.4, -0.2) is 64.7 Å². The fourth-order valence-corrected chi connectivity index (χ4v) is 5.60. The molecule has 2 aliphatic heterocycles. The van der Waals surface area contributed by atoms with Crippen molar-refractivity contribution in [2.24, 2.45) is 5.92 Å². The minimum absolute atomic E-state index is 0.0698. The second-order valence-corrected chi connectivity index (χ2v) is 9.58. The summed E-state index contributed by atoms with van der Waals surface area (Å²) < 4.78 is 21.3. The van der Waals surface area contributed by atoms with Crippen molar-refractivity contribution in [3.63, 3.8) is 0 Å². The lowest BCUT2D eigenvalue weighted by Gasteiger charge is -2.35. The van der Waals surface area contributed by atoms with E-state index in [-0.39, 0.29) is 17.7 Å². The molecule has 0 amide bonds. The van der Waals surface area contributed by atoms with Gasteiger partial charge >= 0.3 is 11.9 Å². The van der Waals surface area contributed by atoms with Gasteiger partial charge in [-0.3, -0.25) is 9.88 Å². The molecule has 3 heterocycles. The Bertz CT molecular complexity index is 1070. The summed E-state index contributed by atoms with van der Waals surface area (Å²) in [6.45, 7) is 4.10. The molecule has 3 aliphatic rings. The quantitative estimate of drug-likeness (QED) is 0.320. The molecule has 1 N–H and O–H groups in total. The zero-order chi connectivity index (χ0) is 23.0. The van der Waals surface area contributed by atoms with Crippen molar-refractivity contribution in [2.75, 3.05) is 33.2 Å². The number of aliphatic hydroxyl groups excluding tert-OH is 1. The molecule has 2 fully saturated rings. The number of rotatable bonds is 5. The van der Waals surface area contributed by atoms with E-state index in [9.17, 15) is 14.3 Å². The van der Waals surface area contributed by atoms with E-state index in [0.717, 1.165) is 44.6 Å². The number of carbonyl (C=O) groups excluding carboxylic acids is 1. The predicted octanol–water partition coefficient (Wildman–Crippen LogP) is 4.14. The Kier molecular flexibility index (Phi) is 5.91. The van der Waals surface area contributed by atoms with Crippen molar-refractivity contribution < 1.29 is 23.6 Å². The molecular formula is C26H31FN3O3+. The molecule has 1 aromatic carbocycles. The average molecular weight is 453 g/mol. The highest BCUT2D eigenvalue weighted by atomic mass is 19.1. The molecule has 174 valence electrons. The van der Waals surface area contributed by atoms with Crippen LogP contribution >= 0.6 is 0 Å². The van der Waals surface area contributed by atoms with Crippen LogP contribution in [0.15, 0.2) is 36.5 Å². The molecule has 1 aromatic heterocycles. The van der Waals surface area contributed by atoms with Gasteiger partial charge in [0.2, 0.25) is 0 Å². The van der Waals surface area contributed by atoms with Crippen LogP contribution in [0.5, 0.6) is 0 Å². The van der Waals surface area contributed by atoms with Gasteiger partial charge < -0.3 is 9.84 Å². The molecule has 33 heavy (non-hydrogen) atoms. The maximum atomic E-state index is 13.4. The van der Waals surface area contributed by atoms with Crippen LogP contribution in [-0.2, 0) is 10.3 Å². The predicted molar refractivity (Wildman–Crippen MR) is 123 cm³/mol. The van der Waals surface area contributed by atoms with Gasteiger partial charge in [-0.2, -0.15) is 0 Å². The van der Waals surface area contributed by atoms with E-state index >= 15 is 0 Å². The van der Waals surface area contributed by atoms with Crippen LogP contribution in [0, 0.1) is 11.7 Å². The van der Waals surface area contributed by atoms with Crippen LogP contribution in [0.3, 0.4) is 0 Å². The highest BCUT2D eigenvalue weighted by molar-refractivity contribution is 6.00. The SMILES string of the molecule is C[N+](CCN1CCCC1)=C(O)C1CCC2(CC1)OC(=O)c1c2ccnc1-c1ccc(F)cc1. The second kappa shape index (κ2) is 8.86. The summed E-state index contributed by atoms with van der Waals surface area (Å²) in [7, 11) is 1.96. The number of hydrogen-bond donors (Lipinski definition) is 1. The number of esters is 1. The van der Waals surface area contributed by atoms with Gasteiger partial charge in [0.05, 0.1) is 23.7 Å². The van der Waals surface area contributed by atoms with E-state index in [4.69, 9.17) is 4.74 Å².